The van der Waals surface area contributed by atoms with Crippen molar-refractivity contribution in [2.75, 3.05) is 23.9 Å². The van der Waals surface area contributed by atoms with Gasteiger partial charge in [0.15, 0.2) is 0 Å². The van der Waals surface area contributed by atoms with Gasteiger partial charge in [-0.3, -0.25) is 4.21 Å². The summed E-state index contributed by atoms with van der Waals surface area (Å²) in [4.78, 5) is 0. The summed E-state index contributed by atoms with van der Waals surface area (Å²) < 4.78 is 46.9. The Labute approximate surface area is 90.4 Å². The molecule has 1 N–H and O–H groups in total. The van der Waals surface area contributed by atoms with E-state index in [1.165, 1.54) is 6.26 Å². The topological polar surface area (TPSA) is 54.9 Å². The predicted octanol–water partition coefficient (Wildman–Crippen LogP) is 1.35. The summed E-state index contributed by atoms with van der Waals surface area (Å²) in [6.07, 6.45) is -2.94. The first-order valence-electron chi connectivity index (χ1n) is 3.84. The zero-order chi connectivity index (χ0) is 11.5. The van der Waals surface area contributed by atoms with Crippen LogP contribution in [0.4, 0.5) is 18.3 Å². The third-order valence-electron chi connectivity index (χ3n) is 1.33. The molecule has 1 aromatic rings. The molecule has 4 nitrogen and oxygen atoms in total. The smallest absolute Gasteiger partial charge is 0.359 e. The van der Waals surface area contributed by atoms with E-state index in [1.54, 1.807) is 0 Å². The van der Waals surface area contributed by atoms with Crippen molar-refractivity contribution in [3.05, 3.63) is 5.01 Å². The molecule has 0 aliphatic carbocycles. The van der Waals surface area contributed by atoms with Crippen LogP contribution in [-0.2, 0) is 17.0 Å². The number of alkyl halides is 3. The zero-order valence-corrected chi connectivity index (χ0v) is 9.30. The Balaban J connectivity index is 2.50. The minimum atomic E-state index is -4.45. The number of rotatable bonds is 4. The minimum Gasteiger partial charge on any atom is -0.359 e. The average molecular weight is 259 g/mol. The molecule has 0 aliphatic heterocycles. The van der Waals surface area contributed by atoms with Crippen LogP contribution in [-0.4, -0.2) is 33.0 Å². The number of nitrogens with one attached hydrogen (secondary N) is 1. The highest BCUT2D eigenvalue weighted by molar-refractivity contribution is 7.84. The summed E-state index contributed by atoms with van der Waals surface area (Å²) in [5.41, 5.74) is 0. The van der Waals surface area contributed by atoms with E-state index in [-0.39, 0.29) is 5.13 Å². The van der Waals surface area contributed by atoms with Crippen LogP contribution in [0, 0.1) is 0 Å². The van der Waals surface area contributed by atoms with Crippen molar-refractivity contribution in [1.82, 2.24) is 10.2 Å². The summed E-state index contributed by atoms with van der Waals surface area (Å²) in [5.74, 6) is 0.362. The maximum atomic E-state index is 12.1. The van der Waals surface area contributed by atoms with Gasteiger partial charge in [0.05, 0.1) is 0 Å². The van der Waals surface area contributed by atoms with Gasteiger partial charge in [-0.2, -0.15) is 13.2 Å². The van der Waals surface area contributed by atoms with Gasteiger partial charge in [-0.25, -0.2) is 0 Å². The fraction of sp³-hybridized carbons (Fsp3) is 0.667. The molecule has 0 aliphatic rings. The standard InChI is InChI=1S/C6H8F3N3OS2/c1-15(13)3-2-10-5-12-11-4(14-5)6(7,8)9/h2-3H2,1H3,(H,10,12). The number of nitrogens with zero attached hydrogens (tertiary/aromatic N) is 2. The zero-order valence-electron chi connectivity index (χ0n) is 7.67. The lowest BCUT2D eigenvalue weighted by atomic mass is 10.7. The first-order valence-corrected chi connectivity index (χ1v) is 6.38. The van der Waals surface area contributed by atoms with E-state index in [1.807, 2.05) is 0 Å². The normalized spacial score (nSPS) is 13.9. The predicted molar refractivity (Wildman–Crippen MR) is 52.3 cm³/mol. The molecule has 0 fully saturated rings. The van der Waals surface area contributed by atoms with Crippen molar-refractivity contribution in [3.63, 3.8) is 0 Å². The Morgan fingerprint density at radius 2 is 2.13 bits per heavy atom. The fourth-order valence-corrected chi connectivity index (χ4v) is 1.74. The highest BCUT2D eigenvalue weighted by atomic mass is 32.2. The van der Waals surface area contributed by atoms with Gasteiger partial charge in [-0.05, 0) is 0 Å². The number of halogens is 3. The second-order valence-electron chi connectivity index (χ2n) is 2.61. The van der Waals surface area contributed by atoms with E-state index in [0.29, 0.717) is 23.6 Å². The van der Waals surface area contributed by atoms with E-state index >= 15 is 0 Å². The molecular weight excluding hydrogens is 251 g/mol. The molecule has 0 amide bonds. The summed E-state index contributed by atoms with van der Waals surface area (Å²) in [6, 6.07) is 0. The van der Waals surface area contributed by atoms with Gasteiger partial charge in [-0.15, -0.1) is 10.2 Å². The van der Waals surface area contributed by atoms with Crippen LogP contribution in [0.3, 0.4) is 0 Å². The Kier molecular flexibility index (Phi) is 4.03. The molecule has 0 saturated heterocycles. The van der Waals surface area contributed by atoms with Gasteiger partial charge in [0, 0.05) is 29.4 Å². The third-order valence-corrected chi connectivity index (χ3v) is 3.04. The summed E-state index contributed by atoms with van der Waals surface area (Å²) in [6.45, 7) is 0.315. The molecule has 9 heteroatoms. The number of hydrogen-bond donors (Lipinski definition) is 1. The van der Waals surface area contributed by atoms with Crippen LogP contribution >= 0.6 is 11.3 Å². The summed E-state index contributed by atoms with van der Waals surface area (Å²) in [7, 11) is -0.978. The minimum absolute atomic E-state index is 0.0905. The van der Waals surface area contributed by atoms with Crippen molar-refractivity contribution in [1.29, 1.82) is 0 Å². The van der Waals surface area contributed by atoms with Crippen molar-refractivity contribution < 1.29 is 17.4 Å². The molecule has 0 bridgehead atoms. The number of hydrogen-bond acceptors (Lipinski definition) is 5. The van der Waals surface area contributed by atoms with Crippen molar-refractivity contribution in [3.8, 4) is 0 Å². The fourth-order valence-electron chi connectivity index (χ4n) is 0.711. The van der Waals surface area contributed by atoms with Gasteiger partial charge in [0.25, 0.3) is 0 Å². The average Bonchev–Trinajstić information content (AvgIpc) is 2.51. The molecular formula is C6H8F3N3OS2. The monoisotopic (exact) mass is 259 g/mol. The Bertz CT molecular complexity index is 352. The van der Waals surface area contributed by atoms with E-state index in [2.05, 4.69) is 15.5 Å². The SMILES string of the molecule is CS(=O)CCNc1nnc(C(F)(F)F)s1. The maximum absolute atomic E-state index is 12.1. The molecule has 1 rings (SSSR count). The van der Waals surface area contributed by atoms with Crippen LogP contribution < -0.4 is 5.32 Å². The molecule has 15 heavy (non-hydrogen) atoms. The molecule has 86 valence electrons. The van der Waals surface area contributed by atoms with Crippen molar-refractivity contribution >= 4 is 27.3 Å². The van der Waals surface area contributed by atoms with Gasteiger partial charge in [-0.1, -0.05) is 11.3 Å². The molecule has 0 radical (unpaired) electrons. The largest absolute Gasteiger partial charge is 0.445 e. The Hall–Kier alpha value is -0.700. The van der Waals surface area contributed by atoms with Crippen LogP contribution in [0.1, 0.15) is 5.01 Å². The van der Waals surface area contributed by atoms with Gasteiger partial charge < -0.3 is 5.32 Å². The van der Waals surface area contributed by atoms with Crippen molar-refractivity contribution in [2.24, 2.45) is 0 Å². The summed E-state index contributed by atoms with van der Waals surface area (Å²) >= 11 is 0.434. The lowest BCUT2D eigenvalue weighted by Crippen LogP contribution is -2.09. The van der Waals surface area contributed by atoms with Crippen LogP contribution in [0.5, 0.6) is 0 Å². The van der Waals surface area contributed by atoms with E-state index in [9.17, 15) is 17.4 Å². The Morgan fingerprint density at radius 1 is 1.47 bits per heavy atom. The molecule has 1 unspecified atom stereocenters. The van der Waals surface area contributed by atoms with Crippen LogP contribution in [0.15, 0.2) is 0 Å². The van der Waals surface area contributed by atoms with E-state index in [4.69, 9.17) is 0 Å². The van der Waals surface area contributed by atoms with Crippen LogP contribution in [0.2, 0.25) is 0 Å². The molecule has 1 atom stereocenters. The molecule has 0 aromatic carbocycles. The lowest BCUT2D eigenvalue weighted by Gasteiger charge is -1.99. The second kappa shape index (κ2) is 4.88. The van der Waals surface area contributed by atoms with Crippen molar-refractivity contribution in [2.45, 2.75) is 6.18 Å². The van der Waals surface area contributed by atoms with Gasteiger partial charge in [0.2, 0.25) is 10.1 Å². The first kappa shape index (κ1) is 12.4. The van der Waals surface area contributed by atoms with E-state index < -0.39 is 22.0 Å². The Morgan fingerprint density at radius 3 is 2.60 bits per heavy atom. The van der Waals surface area contributed by atoms with Gasteiger partial charge >= 0.3 is 6.18 Å². The quantitative estimate of drug-likeness (QED) is 0.886. The molecule has 0 saturated carbocycles. The lowest BCUT2D eigenvalue weighted by molar-refractivity contribution is -0.138. The molecule has 1 aromatic heterocycles. The highest BCUT2D eigenvalue weighted by Gasteiger charge is 2.35. The third kappa shape index (κ3) is 4.12. The number of aromatic nitrogens is 2. The molecule has 1 heterocycles. The van der Waals surface area contributed by atoms with Gasteiger partial charge in [0.1, 0.15) is 0 Å². The number of anilines is 1. The second-order valence-corrected chi connectivity index (χ2v) is 5.15. The maximum Gasteiger partial charge on any atom is 0.445 e. The highest BCUT2D eigenvalue weighted by Crippen LogP contribution is 2.32. The first-order chi connectivity index (χ1) is 6.89. The van der Waals surface area contributed by atoms with E-state index in [0.717, 1.165) is 0 Å². The summed E-state index contributed by atoms with van der Waals surface area (Å²) in [5, 5.41) is 8.04. The molecule has 0 spiro atoms. The van der Waals surface area contributed by atoms with Crippen LogP contribution in [0.25, 0.3) is 0 Å².